The van der Waals surface area contributed by atoms with E-state index in [9.17, 15) is 0 Å². The van der Waals surface area contributed by atoms with Crippen molar-refractivity contribution < 1.29 is 28.4 Å². The molecule has 4 saturated heterocycles. The van der Waals surface area contributed by atoms with E-state index < -0.39 is 0 Å². The van der Waals surface area contributed by atoms with Gasteiger partial charge in [-0.15, -0.1) is 0 Å². The van der Waals surface area contributed by atoms with Gasteiger partial charge in [0.1, 0.15) is 36.6 Å². The number of fused-ring (bicyclic) bond motifs is 2. The van der Waals surface area contributed by atoms with Crippen LogP contribution in [0.3, 0.4) is 0 Å². The molecule has 0 spiro atoms. The summed E-state index contributed by atoms with van der Waals surface area (Å²) in [5.41, 5.74) is 22.2. The molecule has 4 fully saturated rings. The van der Waals surface area contributed by atoms with Gasteiger partial charge < -0.3 is 51.4 Å². The van der Waals surface area contributed by atoms with E-state index in [1.807, 2.05) is 0 Å². The third-order valence-electron chi connectivity index (χ3n) is 5.45. The molecule has 8 atom stereocenters. The molecule has 4 heterocycles. The van der Waals surface area contributed by atoms with Gasteiger partial charge in [0.2, 0.25) is 0 Å². The third kappa shape index (κ3) is 5.39. The lowest BCUT2D eigenvalue weighted by molar-refractivity contribution is -0.0503. The minimum Gasteiger partial charge on any atom is -0.373 e. The van der Waals surface area contributed by atoms with Crippen LogP contribution in [-0.2, 0) is 28.4 Å². The van der Waals surface area contributed by atoms with Gasteiger partial charge in [-0.2, -0.15) is 0 Å². The number of hydrogen-bond acceptors (Lipinski definition) is 10. The second kappa shape index (κ2) is 11.1. The average molecular weight is 405 g/mol. The first-order valence-corrected chi connectivity index (χ1v) is 10.3. The zero-order chi connectivity index (χ0) is 19.9. The monoisotopic (exact) mass is 404 g/mol. The van der Waals surface area contributed by atoms with Gasteiger partial charge in [-0.1, -0.05) is 0 Å². The molecule has 8 N–H and O–H groups in total. The van der Waals surface area contributed by atoms with Gasteiger partial charge in [-0.3, -0.25) is 0 Å². The second-order valence-corrected chi connectivity index (χ2v) is 7.62. The number of nitrogens with two attached hydrogens (primary N) is 4. The predicted molar refractivity (Wildman–Crippen MR) is 102 cm³/mol. The SMILES string of the molecule is NCCCO[C@H]1COC2C1OC[C@H]2OCCCN.N[C@@H]1CO[C@H]2[C@@H]1OC[C@@H]2N. The van der Waals surface area contributed by atoms with Crippen molar-refractivity contribution in [3.8, 4) is 0 Å². The Bertz CT molecular complexity index is 422. The lowest BCUT2D eigenvalue weighted by Gasteiger charge is -2.17. The second-order valence-electron chi connectivity index (χ2n) is 7.62. The van der Waals surface area contributed by atoms with Gasteiger partial charge in [-0.25, -0.2) is 0 Å². The molecule has 0 aromatic carbocycles. The van der Waals surface area contributed by atoms with Crippen LogP contribution in [0.4, 0.5) is 0 Å². The van der Waals surface area contributed by atoms with Crippen LogP contribution in [0.5, 0.6) is 0 Å². The lowest BCUT2D eigenvalue weighted by atomic mass is 10.1. The minimum atomic E-state index is 0.00523. The highest BCUT2D eigenvalue weighted by Gasteiger charge is 2.48. The Balaban J connectivity index is 0.000000188. The number of ether oxygens (including phenoxy) is 6. The topological polar surface area (TPSA) is 159 Å². The van der Waals surface area contributed by atoms with Crippen molar-refractivity contribution in [3.63, 3.8) is 0 Å². The zero-order valence-corrected chi connectivity index (χ0v) is 16.4. The molecular weight excluding hydrogens is 368 g/mol. The van der Waals surface area contributed by atoms with Crippen LogP contribution in [0.1, 0.15) is 12.8 Å². The molecule has 0 aliphatic carbocycles. The van der Waals surface area contributed by atoms with Gasteiger partial charge in [0.25, 0.3) is 0 Å². The van der Waals surface area contributed by atoms with E-state index in [4.69, 9.17) is 51.4 Å². The van der Waals surface area contributed by atoms with Crippen molar-refractivity contribution in [2.75, 3.05) is 52.7 Å². The third-order valence-corrected chi connectivity index (χ3v) is 5.45. The van der Waals surface area contributed by atoms with Gasteiger partial charge in [-0.05, 0) is 25.9 Å². The Hall–Kier alpha value is -0.400. The van der Waals surface area contributed by atoms with Crippen molar-refractivity contribution in [1.82, 2.24) is 0 Å². The molecule has 28 heavy (non-hydrogen) atoms. The maximum Gasteiger partial charge on any atom is 0.115 e. The Morgan fingerprint density at radius 1 is 0.607 bits per heavy atom. The molecule has 0 bridgehead atoms. The summed E-state index contributed by atoms with van der Waals surface area (Å²) in [4.78, 5) is 0. The zero-order valence-electron chi connectivity index (χ0n) is 16.4. The van der Waals surface area contributed by atoms with E-state index >= 15 is 0 Å². The summed E-state index contributed by atoms with van der Waals surface area (Å²) in [6.45, 7) is 4.95. The normalized spacial score (nSPS) is 41.6. The quantitative estimate of drug-likeness (QED) is 0.324. The molecule has 4 aliphatic heterocycles. The molecule has 10 nitrogen and oxygen atoms in total. The molecule has 164 valence electrons. The first kappa shape index (κ1) is 22.3. The smallest absolute Gasteiger partial charge is 0.115 e. The van der Waals surface area contributed by atoms with E-state index in [0.29, 0.717) is 52.7 Å². The van der Waals surface area contributed by atoms with Crippen molar-refractivity contribution in [2.24, 2.45) is 22.9 Å². The van der Waals surface area contributed by atoms with E-state index in [2.05, 4.69) is 0 Å². The van der Waals surface area contributed by atoms with E-state index in [0.717, 1.165) is 12.8 Å². The van der Waals surface area contributed by atoms with Crippen LogP contribution in [0.2, 0.25) is 0 Å². The van der Waals surface area contributed by atoms with Crippen LogP contribution in [-0.4, -0.2) is 101 Å². The molecule has 10 heteroatoms. The summed E-state index contributed by atoms with van der Waals surface area (Å²) in [6.07, 6.45) is 1.88. The van der Waals surface area contributed by atoms with Crippen LogP contribution < -0.4 is 22.9 Å². The highest BCUT2D eigenvalue weighted by Crippen LogP contribution is 2.30. The van der Waals surface area contributed by atoms with Crippen molar-refractivity contribution in [2.45, 2.75) is 61.5 Å². The Morgan fingerprint density at radius 2 is 1.00 bits per heavy atom. The van der Waals surface area contributed by atoms with Crippen molar-refractivity contribution in [1.29, 1.82) is 0 Å². The summed E-state index contributed by atoms with van der Waals surface area (Å²) in [5.74, 6) is 0. The maximum atomic E-state index is 5.73. The van der Waals surface area contributed by atoms with Crippen LogP contribution in [0.15, 0.2) is 0 Å². The first-order valence-electron chi connectivity index (χ1n) is 10.3. The van der Waals surface area contributed by atoms with Gasteiger partial charge in [0, 0.05) is 13.2 Å². The van der Waals surface area contributed by atoms with Crippen LogP contribution >= 0.6 is 0 Å². The average Bonchev–Trinajstić information content (AvgIpc) is 3.44. The first-order chi connectivity index (χ1) is 13.7. The van der Waals surface area contributed by atoms with Crippen molar-refractivity contribution >= 4 is 0 Å². The van der Waals surface area contributed by atoms with Crippen LogP contribution in [0.25, 0.3) is 0 Å². The standard InChI is InChI=1S/C12H24N2O4.C6H12N2O2/c13-3-1-5-15-9-7-17-12-10(8-18-11(9)12)16-6-2-4-14;7-3-1-9-6-4(8)2-10-5(3)6/h9-12H,1-8,13-14H2;3-6H,1-2,7-8H2/t9-,10+,11?,12?;3-,4+,5-,6-/m.1/s1. The van der Waals surface area contributed by atoms with Gasteiger partial charge in [0.15, 0.2) is 0 Å². The Morgan fingerprint density at radius 3 is 1.39 bits per heavy atom. The molecule has 0 amide bonds. The summed E-state index contributed by atoms with van der Waals surface area (Å²) in [5, 5.41) is 0. The lowest BCUT2D eigenvalue weighted by Crippen LogP contribution is -2.39. The predicted octanol–water partition coefficient (Wildman–Crippen LogP) is -2.31. The molecule has 0 radical (unpaired) electrons. The van der Waals surface area contributed by atoms with E-state index in [-0.39, 0.29) is 48.7 Å². The van der Waals surface area contributed by atoms with Gasteiger partial charge >= 0.3 is 0 Å². The minimum absolute atomic E-state index is 0.00523. The fourth-order valence-electron chi connectivity index (χ4n) is 3.91. The largest absolute Gasteiger partial charge is 0.373 e. The van der Waals surface area contributed by atoms with Crippen LogP contribution in [0, 0.1) is 0 Å². The van der Waals surface area contributed by atoms with Crippen molar-refractivity contribution in [3.05, 3.63) is 0 Å². The number of hydrogen-bond donors (Lipinski definition) is 4. The fourth-order valence-corrected chi connectivity index (χ4v) is 3.91. The summed E-state index contributed by atoms with van der Waals surface area (Å²) >= 11 is 0. The summed E-state index contributed by atoms with van der Waals surface area (Å²) in [6, 6.07) is 0.0529. The van der Waals surface area contributed by atoms with Gasteiger partial charge in [0.05, 0.1) is 38.5 Å². The molecule has 4 rings (SSSR count). The van der Waals surface area contributed by atoms with E-state index in [1.54, 1.807) is 0 Å². The highest BCUT2D eigenvalue weighted by molar-refractivity contribution is 4.98. The highest BCUT2D eigenvalue weighted by atomic mass is 16.6. The molecular formula is C18H36N4O6. The molecule has 0 saturated carbocycles. The maximum absolute atomic E-state index is 5.73. The van der Waals surface area contributed by atoms with E-state index in [1.165, 1.54) is 0 Å². The fraction of sp³-hybridized carbons (Fsp3) is 1.00. The summed E-state index contributed by atoms with van der Waals surface area (Å²) < 4.78 is 33.6. The molecule has 4 aliphatic rings. The Kier molecular flexibility index (Phi) is 8.85. The molecule has 0 aromatic heterocycles. The Labute approximate surface area is 166 Å². The molecule has 2 unspecified atom stereocenters. The molecule has 0 aromatic rings. The summed E-state index contributed by atoms with van der Waals surface area (Å²) in [7, 11) is 0. The number of rotatable bonds is 8.